The van der Waals surface area contributed by atoms with Crippen LogP contribution in [0.15, 0.2) is 48.8 Å². The fourth-order valence-corrected chi connectivity index (χ4v) is 3.60. The third-order valence-electron chi connectivity index (χ3n) is 5.10. The van der Waals surface area contributed by atoms with Crippen molar-refractivity contribution in [3.8, 4) is 16.9 Å². The van der Waals surface area contributed by atoms with E-state index in [4.69, 9.17) is 4.74 Å². The van der Waals surface area contributed by atoms with Gasteiger partial charge < -0.3 is 10.1 Å². The summed E-state index contributed by atoms with van der Waals surface area (Å²) in [5, 5.41) is 2.44. The number of ether oxygens (including phenoxy) is 1. The SMILES string of the molecule is COc1cc2c(cc1C(F)(F)F)N(C(=O)Nc1cc(F)c(F)c(-c3cccnc3)c1)CC2. The Hall–Kier alpha value is -3.69. The van der Waals surface area contributed by atoms with E-state index in [9.17, 15) is 26.7 Å². The molecule has 0 unspecified atom stereocenters. The summed E-state index contributed by atoms with van der Waals surface area (Å²) in [7, 11) is 1.14. The van der Waals surface area contributed by atoms with Crippen molar-refractivity contribution in [1.29, 1.82) is 0 Å². The lowest BCUT2D eigenvalue weighted by atomic mass is 10.1. The smallest absolute Gasteiger partial charge is 0.420 e. The van der Waals surface area contributed by atoms with Crippen molar-refractivity contribution in [1.82, 2.24) is 4.98 Å². The summed E-state index contributed by atoms with van der Waals surface area (Å²) in [6, 6.07) is 6.45. The number of methoxy groups -OCH3 is 1. The first kappa shape index (κ1) is 21.5. The Kier molecular flexibility index (Phi) is 5.45. The summed E-state index contributed by atoms with van der Waals surface area (Å²) in [6.07, 6.45) is -1.55. The first-order chi connectivity index (χ1) is 15.2. The maximum absolute atomic E-state index is 14.3. The number of alkyl halides is 3. The third-order valence-corrected chi connectivity index (χ3v) is 5.10. The van der Waals surface area contributed by atoms with E-state index in [1.165, 1.54) is 30.6 Å². The Morgan fingerprint density at radius 1 is 1.19 bits per heavy atom. The Labute approximate surface area is 179 Å². The molecule has 0 spiro atoms. The van der Waals surface area contributed by atoms with Crippen LogP contribution in [-0.4, -0.2) is 24.7 Å². The molecule has 4 rings (SSSR count). The Bertz CT molecular complexity index is 1180. The van der Waals surface area contributed by atoms with Crippen molar-refractivity contribution in [2.75, 3.05) is 23.9 Å². The molecule has 2 aromatic carbocycles. The van der Waals surface area contributed by atoms with E-state index in [-0.39, 0.29) is 29.2 Å². The highest BCUT2D eigenvalue weighted by Gasteiger charge is 2.37. The van der Waals surface area contributed by atoms with Gasteiger partial charge >= 0.3 is 12.2 Å². The molecular formula is C22H16F5N3O2. The minimum Gasteiger partial charge on any atom is -0.496 e. The van der Waals surface area contributed by atoms with Crippen LogP contribution < -0.4 is 15.0 Å². The van der Waals surface area contributed by atoms with Gasteiger partial charge in [-0.1, -0.05) is 6.07 Å². The number of rotatable bonds is 3. The molecule has 5 nitrogen and oxygen atoms in total. The predicted octanol–water partition coefficient (Wildman–Crippen LogP) is 5.65. The van der Waals surface area contributed by atoms with Gasteiger partial charge in [-0.3, -0.25) is 9.88 Å². The fourth-order valence-electron chi connectivity index (χ4n) is 3.60. The number of aromatic nitrogens is 1. The normalized spacial score (nSPS) is 13.1. The molecule has 1 aliphatic heterocycles. The van der Waals surface area contributed by atoms with Crippen LogP contribution in [0.4, 0.5) is 38.1 Å². The molecule has 0 bridgehead atoms. The lowest BCUT2D eigenvalue weighted by Gasteiger charge is -2.21. The zero-order chi connectivity index (χ0) is 23.0. The maximum Gasteiger partial charge on any atom is 0.420 e. The monoisotopic (exact) mass is 449 g/mol. The zero-order valence-corrected chi connectivity index (χ0v) is 16.6. The van der Waals surface area contributed by atoms with Crippen LogP contribution >= 0.6 is 0 Å². The number of carbonyl (C=O) groups excluding carboxylic acids is 1. The highest BCUT2D eigenvalue weighted by molar-refractivity contribution is 6.03. The number of anilines is 2. The maximum atomic E-state index is 14.3. The summed E-state index contributed by atoms with van der Waals surface area (Å²) in [5.74, 6) is -2.63. The number of halogens is 5. The highest BCUT2D eigenvalue weighted by Crippen LogP contribution is 2.42. The molecule has 1 N–H and O–H groups in total. The minimum absolute atomic E-state index is 0.0502. The molecule has 0 saturated carbocycles. The Morgan fingerprint density at radius 3 is 2.62 bits per heavy atom. The van der Waals surface area contributed by atoms with Crippen molar-refractivity contribution in [2.24, 2.45) is 0 Å². The largest absolute Gasteiger partial charge is 0.496 e. The van der Waals surface area contributed by atoms with Gasteiger partial charge in [0.15, 0.2) is 11.6 Å². The van der Waals surface area contributed by atoms with E-state index in [0.717, 1.165) is 24.1 Å². The Morgan fingerprint density at radius 2 is 1.97 bits per heavy atom. The molecule has 0 saturated heterocycles. The van der Waals surface area contributed by atoms with Gasteiger partial charge in [-0.15, -0.1) is 0 Å². The van der Waals surface area contributed by atoms with Crippen molar-refractivity contribution >= 4 is 17.4 Å². The summed E-state index contributed by atoms with van der Waals surface area (Å²) in [4.78, 5) is 17.8. The number of benzene rings is 2. The van der Waals surface area contributed by atoms with E-state index in [2.05, 4.69) is 10.3 Å². The molecule has 0 radical (unpaired) electrons. The molecule has 1 aliphatic rings. The summed E-state index contributed by atoms with van der Waals surface area (Å²) < 4.78 is 73.4. The lowest BCUT2D eigenvalue weighted by molar-refractivity contribution is -0.138. The van der Waals surface area contributed by atoms with Gasteiger partial charge in [0, 0.05) is 47.5 Å². The van der Waals surface area contributed by atoms with Crippen LogP contribution in [0.1, 0.15) is 11.1 Å². The van der Waals surface area contributed by atoms with Gasteiger partial charge in [-0.25, -0.2) is 13.6 Å². The summed E-state index contributed by atoms with van der Waals surface area (Å²) in [6.45, 7) is 0.116. The second-order valence-corrected chi connectivity index (χ2v) is 7.07. The molecule has 1 aromatic heterocycles. The molecule has 0 atom stereocenters. The minimum atomic E-state index is -4.68. The second kappa shape index (κ2) is 8.10. The number of carbonyl (C=O) groups is 1. The van der Waals surface area contributed by atoms with Crippen LogP contribution in [0.3, 0.4) is 0 Å². The van der Waals surface area contributed by atoms with Crippen LogP contribution in [0.2, 0.25) is 0 Å². The molecule has 3 aromatic rings. The number of hydrogen-bond donors (Lipinski definition) is 1. The van der Waals surface area contributed by atoms with Crippen molar-refractivity contribution < 1.29 is 31.5 Å². The average Bonchev–Trinajstić information content (AvgIpc) is 3.18. The Balaban J connectivity index is 1.65. The highest BCUT2D eigenvalue weighted by atomic mass is 19.4. The standard InChI is InChI=1S/C22H16F5N3O2/c1-32-19-7-12-4-6-30(18(12)10-16(19)22(25,26)27)21(31)29-14-8-15(20(24)17(23)9-14)13-3-2-5-28-11-13/h2-3,5,7-11H,4,6H2,1H3,(H,29,31). The molecule has 32 heavy (non-hydrogen) atoms. The molecule has 2 heterocycles. The second-order valence-electron chi connectivity index (χ2n) is 7.07. The van der Waals surface area contributed by atoms with Crippen molar-refractivity contribution in [3.05, 3.63) is 71.6 Å². The number of fused-ring (bicyclic) bond motifs is 1. The van der Waals surface area contributed by atoms with Crippen LogP contribution in [0.25, 0.3) is 11.1 Å². The summed E-state index contributed by atoms with van der Waals surface area (Å²) in [5.41, 5.74) is -0.291. The first-order valence-electron chi connectivity index (χ1n) is 9.45. The quantitative estimate of drug-likeness (QED) is 0.526. The van der Waals surface area contributed by atoms with E-state index >= 15 is 0 Å². The molecule has 166 valence electrons. The van der Waals surface area contributed by atoms with Crippen molar-refractivity contribution in [2.45, 2.75) is 12.6 Å². The van der Waals surface area contributed by atoms with Gasteiger partial charge in [0.25, 0.3) is 0 Å². The lowest BCUT2D eigenvalue weighted by Crippen LogP contribution is -2.33. The molecule has 0 fully saturated rings. The van der Waals surface area contributed by atoms with Crippen molar-refractivity contribution in [3.63, 3.8) is 0 Å². The third kappa shape index (κ3) is 3.95. The number of urea groups is 1. The number of pyridine rings is 1. The predicted molar refractivity (Wildman–Crippen MR) is 108 cm³/mol. The first-order valence-corrected chi connectivity index (χ1v) is 9.45. The van der Waals surface area contributed by atoms with Crippen LogP contribution in [0.5, 0.6) is 5.75 Å². The summed E-state index contributed by atoms with van der Waals surface area (Å²) >= 11 is 0. The fraction of sp³-hybridized carbons (Fsp3) is 0.182. The van der Waals surface area contributed by atoms with Crippen LogP contribution in [0, 0.1) is 11.6 Å². The van der Waals surface area contributed by atoms with Crippen LogP contribution in [-0.2, 0) is 12.6 Å². The topological polar surface area (TPSA) is 54.5 Å². The molecule has 10 heteroatoms. The van der Waals surface area contributed by atoms with E-state index < -0.39 is 29.4 Å². The van der Waals surface area contributed by atoms with E-state index in [1.807, 2.05) is 0 Å². The molecular weight excluding hydrogens is 433 g/mol. The van der Waals surface area contributed by atoms with Gasteiger partial charge in [0.05, 0.1) is 12.7 Å². The van der Waals surface area contributed by atoms with Gasteiger partial charge in [-0.2, -0.15) is 13.2 Å². The molecule has 2 amide bonds. The number of nitrogens with zero attached hydrogens (tertiary/aromatic N) is 2. The van der Waals surface area contributed by atoms with Gasteiger partial charge in [-0.05, 0) is 36.2 Å². The number of hydrogen-bond acceptors (Lipinski definition) is 3. The number of nitrogens with one attached hydrogen (secondary N) is 1. The van der Waals surface area contributed by atoms with Gasteiger partial charge in [0.1, 0.15) is 5.75 Å². The molecule has 0 aliphatic carbocycles. The zero-order valence-electron chi connectivity index (χ0n) is 16.6. The van der Waals surface area contributed by atoms with E-state index in [0.29, 0.717) is 17.5 Å². The number of amides is 2. The van der Waals surface area contributed by atoms with E-state index in [1.54, 1.807) is 6.07 Å². The average molecular weight is 449 g/mol. The van der Waals surface area contributed by atoms with Gasteiger partial charge in [0.2, 0.25) is 0 Å².